The molecule has 1 amide bonds. The number of benzene rings is 1. The van der Waals surface area contributed by atoms with Crippen molar-refractivity contribution in [1.29, 1.82) is 0 Å². The standard InChI is InChI=1S/C16H22N2O4S/c1-11-6-3-4-7-12(11)16(19)18-10-13(17-23(2,20)21)15-14(18)8-5-9-22-15/h3-4,6-7,13-15,17H,5,8-10H2,1-2H3/t13-,14-,15-/m1/s1. The number of fused-ring (bicyclic) bond motifs is 1. The molecule has 2 fully saturated rings. The fourth-order valence-electron chi connectivity index (χ4n) is 3.54. The summed E-state index contributed by atoms with van der Waals surface area (Å²) in [5.41, 5.74) is 1.59. The summed E-state index contributed by atoms with van der Waals surface area (Å²) in [6.45, 7) is 2.86. The molecule has 2 heterocycles. The van der Waals surface area contributed by atoms with Crippen molar-refractivity contribution < 1.29 is 17.9 Å². The maximum Gasteiger partial charge on any atom is 0.254 e. The molecule has 2 saturated heterocycles. The van der Waals surface area contributed by atoms with E-state index < -0.39 is 10.0 Å². The molecule has 7 heteroatoms. The Balaban J connectivity index is 1.87. The summed E-state index contributed by atoms with van der Waals surface area (Å²) in [7, 11) is -3.35. The zero-order chi connectivity index (χ0) is 16.6. The smallest absolute Gasteiger partial charge is 0.254 e. The number of hydrogen-bond acceptors (Lipinski definition) is 4. The van der Waals surface area contributed by atoms with Crippen molar-refractivity contribution in [1.82, 2.24) is 9.62 Å². The quantitative estimate of drug-likeness (QED) is 0.889. The molecule has 126 valence electrons. The van der Waals surface area contributed by atoms with Crippen LogP contribution >= 0.6 is 0 Å². The molecule has 23 heavy (non-hydrogen) atoms. The summed E-state index contributed by atoms with van der Waals surface area (Å²) in [4.78, 5) is 14.7. The molecule has 1 N–H and O–H groups in total. The summed E-state index contributed by atoms with van der Waals surface area (Å²) in [5, 5.41) is 0. The Labute approximate surface area is 136 Å². The van der Waals surface area contributed by atoms with Crippen molar-refractivity contribution in [3.8, 4) is 0 Å². The number of likely N-dealkylation sites (tertiary alicyclic amines) is 1. The van der Waals surface area contributed by atoms with Crippen LogP contribution in [0.15, 0.2) is 24.3 Å². The number of ether oxygens (including phenoxy) is 1. The summed E-state index contributed by atoms with van der Waals surface area (Å²) < 4.78 is 31.6. The predicted molar refractivity (Wildman–Crippen MR) is 86.7 cm³/mol. The topological polar surface area (TPSA) is 75.7 Å². The third-order valence-corrected chi connectivity index (χ3v) is 5.26. The maximum absolute atomic E-state index is 12.9. The van der Waals surface area contributed by atoms with Gasteiger partial charge in [0.1, 0.15) is 0 Å². The zero-order valence-electron chi connectivity index (χ0n) is 13.4. The van der Waals surface area contributed by atoms with Crippen molar-refractivity contribution in [3.63, 3.8) is 0 Å². The lowest BCUT2D eigenvalue weighted by atomic mass is 10.0. The molecule has 2 aliphatic rings. The lowest BCUT2D eigenvalue weighted by Gasteiger charge is -2.32. The molecule has 3 rings (SSSR count). The Bertz CT molecular complexity index is 704. The van der Waals surface area contributed by atoms with E-state index in [0.717, 1.165) is 24.7 Å². The Morgan fingerprint density at radius 3 is 2.78 bits per heavy atom. The first-order chi connectivity index (χ1) is 10.9. The van der Waals surface area contributed by atoms with Gasteiger partial charge in [-0.1, -0.05) is 18.2 Å². The van der Waals surface area contributed by atoms with Gasteiger partial charge in [-0.15, -0.1) is 0 Å². The minimum absolute atomic E-state index is 0.0543. The molecular weight excluding hydrogens is 316 g/mol. The van der Waals surface area contributed by atoms with Crippen LogP contribution in [0.2, 0.25) is 0 Å². The summed E-state index contributed by atoms with van der Waals surface area (Å²) in [5.74, 6) is -0.0543. The van der Waals surface area contributed by atoms with E-state index in [4.69, 9.17) is 4.74 Å². The van der Waals surface area contributed by atoms with Crippen molar-refractivity contribution in [3.05, 3.63) is 35.4 Å². The molecule has 0 aromatic heterocycles. The van der Waals surface area contributed by atoms with Crippen LogP contribution in [0.25, 0.3) is 0 Å². The molecule has 1 aromatic rings. The van der Waals surface area contributed by atoms with E-state index >= 15 is 0 Å². The van der Waals surface area contributed by atoms with E-state index in [-0.39, 0.29) is 24.1 Å². The molecule has 0 saturated carbocycles. The lowest BCUT2D eigenvalue weighted by Crippen LogP contribution is -2.47. The number of carbonyl (C=O) groups excluding carboxylic acids is 1. The highest BCUT2D eigenvalue weighted by Gasteiger charge is 2.47. The molecule has 0 spiro atoms. The Kier molecular flexibility index (Phi) is 4.44. The van der Waals surface area contributed by atoms with Gasteiger partial charge in [0.2, 0.25) is 10.0 Å². The lowest BCUT2D eigenvalue weighted by molar-refractivity contribution is -0.0156. The van der Waals surface area contributed by atoms with E-state index in [9.17, 15) is 13.2 Å². The van der Waals surface area contributed by atoms with Crippen LogP contribution < -0.4 is 4.72 Å². The van der Waals surface area contributed by atoms with Crippen LogP contribution in [0.1, 0.15) is 28.8 Å². The first kappa shape index (κ1) is 16.4. The Morgan fingerprint density at radius 2 is 2.09 bits per heavy atom. The summed E-state index contributed by atoms with van der Waals surface area (Å²) in [6.07, 6.45) is 2.58. The monoisotopic (exact) mass is 338 g/mol. The number of amides is 1. The van der Waals surface area contributed by atoms with Crippen LogP contribution in [0, 0.1) is 6.92 Å². The van der Waals surface area contributed by atoms with E-state index in [2.05, 4.69) is 4.72 Å². The fraction of sp³-hybridized carbons (Fsp3) is 0.562. The summed E-state index contributed by atoms with van der Waals surface area (Å²) >= 11 is 0. The van der Waals surface area contributed by atoms with E-state index in [0.29, 0.717) is 18.7 Å². The number of aryl methyl sites for hydroxylation is 1. The number of nitrogens with zero attached hydrogens (tertiary/aromatic N) is 1. The third kappa shape index (κ3) is 3.41. The predicted octanol–water partition coefficient (Wildman–Crippen LogP) is 0.916. The van der Waals surface area contributed by atoms with Crippen LogP contribution in [0.4, 0.5) is 0 Å². The molecular formula is C16H22N2O4S. The van der Waals surface area contributed by atoms with Crippen molar-refractivity contribution >= 4 is 15.9 Å². The highest BCUT2D eigenvalue weighted by Crippen LogP contribution is 2.31. The minimum Gasteiger partial charge on any atom is -0.374 e. The average molecular weight is 338 g/mol. The number of hydrogen-bond donors (Lipinski definition) is 1. The molecule has 0 aliphatic carbocycles. The van der Waals surface area contributed by atoms with Crippen LogP contribution in [-0.2, 0) is 14.8 Å². The minimum atomic E-state index is -3.35. The Hall–Kier alpha value is -1.44. The largest absolute Gasteiger partial charge is 0.374 e. The van der Waals surface area contributed by atoms with Gasteiger partial charge in [-0.2, -0.15) is 0 Å². The average Bonchev–Trinajstić information content (AvgIpc) is 2.84. The van der Waals surface area contributed by atoms with E-state index in [1.165, 1.54) is 0 Å². The number of rotatable bonds is 3. The SMILES string of the molecule is Cc1ccccc1C(=O)N1C[C@@H](NS(C)(=O)=O)[C@H]2OCCC[C@H]21. The molecule has 0 radical (unpaired) electrons. The number of nitrogens with one attached hydrogen (secondary N) is 1. The highest BCUT2D eigenvalue weighted by molar-refractivity contribution is 7.88. The van der Waals surface area contributed by atoms with Gasteiger partial charge >= 0.3 is 0 Å². The van der Waals surface area contributed by atoms with Crippen LogP contribution in [-0.4, -0.2) is 56.8 Å². The van der Waals surface area contributed by atoms with Crippen LogP contribution in [0.5, 0.6) is 0 Å². The van der Waals surface area contributed by atoms with Gasteiger partial charge in [0.15, 0.2) is 0 Å². The Morgan fingerprint density at radius 1 is 1.35 bits per heavy atom. The fourth-order valence-corrected chi connectivity index (χ4v) is 4.29. The first-order valence-corrected chi connectivity index (χ1v) is 9.71. The molecule has 2 aliphatic heterocycles. The van der Waals surface area contributed by atoms with E-state index in [1.807, 2.05) is 31.2 Å². The van der Waals surface area contributed by atoms with Crippen molar-refractivity contribution in [2.45, 2.75) is 38.0 Å². The third-order valence-electron chi connectivity index (χ3n) is 4.53. The van der Waals surface area contributed by atoms with Gasteiger partial charge in [0.05, 0.1) is 24.4 Å². The van der Waals surface area contributed by atoms with Gasteiger partial charge in [-0.05, 0) is 31.4 Å². The second kappa shape index (κ2) is 6.22. The normalized spacial score (nSPS) is 27.7. The van der Waals surface area contributed by atoms with Gasteiger partial charge in [0, 0.05) is 18.7 Å². The van der Waals surface area contributed by atoms with Crippen molar-refractivity contribution in [2.24, 2.45) is 0 Å². The molecule has 6 nitrogen and oxygen atoms in total. The highest BCUT2D eigenvalue weighted by atomic mass is 32.2. The summed E-state index contributed by atoms with van der Waals surface area (Å²) in [6, 6.07) is 7.00. The molecule has 3 atom stereocenters. The van der Waals surface area contributed by atoms with Gasteiger partial charge < -0.3 is 9.64 Å². The maximum atomic E-state index is 12.9. The first-order valence-electron chi connectivity index (χ1n) is 7.82. The molecule has 0 bridgehead atoms. The van der Waals surface area contributed by atoms with Crippen LogP contribution in [0.3, 0.4) is 0 Å². The second-order valence-corrected chi connectivity index (χ2v) is 8.09. The zero-order valence-corrected chi connectivity index (χ0v) is 14.2. The molecule has 1 aromatic carbocycles. The number of sulfonamides is 1. The van der Waals surface area contributed by atoms with Crippen molar-refractivity contribution in [2.75, 3.05) is 19.4 Å². The van der Waals surface area contributed by atoms with Gasteiger partial charge in [-0.3, -0.25) is 4.79 Å². The second-order valence-electron chi connectivity index (χ2n) is 6.31. The van der Waals surface area contributed by atoms with E-state index in [1.54, 1.807) is 4.90 Å². The molecule has 0 unspecified atom stereocenters. The van der Waals surface area contributed by atoms with Gasteiger partial charge in [0.25, 0.3) is 5.91 Å². The number of carbonyl (C=O) groups is 1. The van der Waals surface area contributed by atoms with Gasteiger partial charge in [-0.25, -0.2) is 13.1 Å².